The smallest absolute Gasteiger partial charge is 0.321 e. The lowest BCUT2D eigenvalue weighted by Crippen LogP contribution is -2.36. The number of rotatable bonds is 6. The van der Waals surface area contributed by atoms with Gasteiger partial charge >= 0.3 is 6.03 Å². The number of nitrogens with zero attached hydrogens (tertiary/aromatic N) is 4. The van der Waals surface area contributed by atoms with Gasteiger partial charge in [-0.1, -0.05) is 30.3 Å². The van der Waals surface area contributed by atoms with Crippen molar-refractivity contribution >= 4 is 11.7 Å². The molecule has 1 aliphatic heterocycles. The molecule has 6 nitrogen and oxygen atoms in total. The summed E-state index contributed by atoms with van der Waals surface area (Å²) in [5.41, 5.74) is 2.10. The Balaban J connectivity index is 1.45. The number of likely N-dealkylation sites (tertiary alicyclic amines) is 1. The molecule has 1 atom stereocenters. The Morgan fingerprint density at radius 2 is 2.16 bits per heavy atom. The van der Waals surface area contributed by atoms with E-state index in [-0.39, 0.29) is 6.03 Å². The zero-order valence-corrected chi connectivity index (χ0v) is 15.1. The zero-order valence-electron chi connectivity index (χ0n) is 15.1. The second kappa shape index (κ2) is 8.16. The molecule has 2 heterocycles. The average Bonchev–Trinajstić information content (AvgIpc) is 3.25. The molecule has 1 unspecified atom stereocenters. The van der Waals surface area contributed by atoms with E-state index < -0.39 is 0 Å². The number of aromatic nitrogens is 2. The van der Waals surface area contributed by atoms with Gasteiger partial charge in [0.2, 0.25) is 0 Å². The summed E-state index contributed by atoms with van der Waals surface area (Å²) < 4.78 is 1.80. The van der Waals surface area contributed by atoms with Gasteiger partial charge in [0.1, 0.15) is 0 Å². The standard InChI is InChI=1S/C19H27N5O/c1-3-24-15-18(11-20-24)21-19(25)22(2)12-17-9-10-23(14-17)13-16-7-5-4-6-8-16/h4-8,11,15,17H,3,9-10,12-14H2,1-2H3,(H,21,25). The molecule has 0 spiro atoms. The molecule has 1 aromatic carbocycles. The first kappa shape index (κ1) is 17.5. The van der Waals surface area contributed by atoms with Gasteiger partial charge in [0.25, 0.3) is 0 Å². The molecule has 0 bridgehead atoms. The third-order valence-electron chi connectivity index (χ3n) is 4.71. The molecule has 2 amide bonds. The Morgan fingerprint density at radius 1 is 1.36 bits per heavy atom. The summed E-state index contributed by atoms with van der Waals surface area (Å²) >= 11 is 0. The minimum atomic E-state index is -0.0721. The van der Waals surface area contributed by atoms with Gasteiger partial charge in [-0.3, -0.25) is 9.58 Å². The van der Waals surface area contributed by atoms with Crippen LogP contribution in [0.4, 0.5) is 10.5 Å². The molecule has 3 rings (SSSR count). The van der Waals surface area contributed by atoms with Crippen LogP contribution in [-0.2, 0) is 13.1 Å². The van der Waals surface area contributed by atoms with Gasteiger partial charge in [-0.2, -0.15) is 5.10 Å². The van der Waals surface area contributed by atoms with E-state index in [1.807, 2.05) is 26.2 Å². The number of benzene rings is 1. The zero-order chi connectivity index (χ0) is 17.6. The third kappa shape index (κ3) is 4.82. The molecular formula is C19H27N5O. The van der Waals surface area contributed by atoms with Gasteiger partial charge in [-0.15, -0.1) is 0 Å². The van der Waals surface area contributed by atoms with Gasteiger partial charge < -0.3 is 10.2 Å². The van der Waals surface area contributed by atoms with E-state index in [0.29, 0.717) is 5.92 Å². The number of nitrogens with one attached hydrogen (secondary N) is 1. The fourth-order valence-electron chi connectivity index (χ4n) is 3.34. The fourth-order valence-corrected chi connectivity index (χ4v) is 3.34. The van der Waals surface area contributed by atoms with Crippen molar-refractivity contribution in [2.24, 2.45) is 5.92 Å². The molecule has 0 radical (unpaired) electrons. The summed E-state index contributed by atoms with van der Waals surface area (Å²) in [6.45, 7) is 6.72. The molecule has 0 aliphatic carbocycles. The van der Waals surface area contributed by atoms with Gasteiger partial charge in [-0.25, -0.2) is 4.79 Å². The maximum Gasteiger partial charge on any atom is 0.321 e. The lowest BCUT2D eigenvalue weighted by molar-refractivity contribution is 0.212. The van der Waals surface area contributed by atoms with Crippen molar-refractivity contribution in [2.75, 3.05) is 32.0 Å². The van der Waals surface area contributed by atoms with Crippen LogP contribution in [0.1, 0.15) is 18.9 Å². The van der Waals surface area contributed by atoms with E-state index in [1.54, 1.807) is 15.8 Å². The predicted molar refractivity (Wildman–Crippen MR) is 99.4 cm³/mol. The highest BCUT2D eigenvalue weighted by Gasteiger charge is 2.25. The number of hydrogen-bond donors (Lipinski definition) is 1. The summed E-state index contributed by atoms with van der Waals surface area (Å²) in [6.07, 6.45) is 4.67. The Labute approximate surface area is 149 Å². The number of amides is 2. The van der Waals surface area contributed by atoms with Crippen LogP contribution in [0, 0.1) is 5.92 Å². The van der Waals surface area contributed by atoms with Crippen LogP contribution >= 0.6 is 0 Å². The molecule has 1 aliphatic rings. The van der Waals surface area contributed by atoms with Crippen LogP contribution in [0.15, 0.2) is 42.7 Å². The average molecular weight is 341 g/mol. The molecule has 6 heteroatoms. The van der Waals surface area contributed by atoms with Crippen LogP contribution in [-0.4, -0.2) is 52.3 Å². The van der Waals surface area contributed by atoms with Crippen LogP contribution in [0.5, 0.6) is 0 Å². The normalized spacial score (nSPS) is 17.6. The first-order valence-corrected chi connectivity index (χ1v) is 8.95. The molecule has 25 heavy (non-hydrogen) atoms. The van der Waals surface area contributed by atoms with Crippen molar-refractivity contribution in [3.8, 4) is 0 Å². The quantitative estimate of drug-likeness (QED) is 0.879. The second-order valence-corrected chi connectivity index (χ2v) is 6.77. The Morgan fingerprint density at radius 3 is 2.88 bits per heavy atom. The molecule has 1 N–H and O–H groups in total. The first-order chi connectivity index (χ1) is 12.1. The SMILES string of the molecule is CCn1cc(NC(=O)N(C)CC2CCN(Cc3ccccc3)C2)cn1. The number of carbonyl (C=O) groups excluding carboxylic acids is 1. The third-order valence-corrected chi connectivity index (χ3v) is 4.71. The van der Waals surface area contributed by atoms with E-state index in [9.17, 15) is 4.79 Å². The topological polar surface area (TPSA) is 53.4 Å². The number of aryl methyl sites for hydroxylation is 1. The lowest BCUT2D eigenvalue weighted by atomic mass is 10.1. The first-order valence-electron chi connectivity index (χ1n) is 8.95. The highest BCUT2D eigenvalue weighted by Crippen LogP contribution is 2.19. The van der Waals surface area contributed by atoms with E-state index in [2.05, 4.69) is 39.6 Å². The van der Waals surface area contributed by atoms with Crippen molar-refractivity contribution < 1.29 is 4.79 Å². The predicted octanol–water partition coefficient (Wildman–Crippen LogP) is 2.89. The minimum Gasteiger partial charge on any atom is -0.327 e. The van der Waals surface area contributed by atoms with Crippen LogP contribution in [0.25, 0.3) is 0 Å². The van der Waals surface area contributed by atoms with Gasteiger partial charge in [0, 0.05) is 39.4 Å². The second-order valence-electron chi connectivity index (χ2n) is 6.77. The van der Waals surface area contributed by atoms with E-state index in [0.717, 1.165) is 44.8 Å². The summed E-state index contributed by atoms with van der Waals surface area (Å²) in [6, 6.07) is 10.5. The molecular weight excluding hydrogens is 314 g/mol. The number of carbonyl (C=O) groups is 1. The van der Waals surface area contributed by atoms with Gasteiger partial charge in [0.15, 0.2) is 0 Å². The monoisotopic (exact) mass is 341 g/mol. The summed E-state index contributed by atoms with van der Waals surface area (Å²) in [7, 11) is 1.86. The van der Waals surface area contributed by atoms with Crippen molar-refractivity contribution in [3.63, 3.8) is 0 Å². The van der Waals surface area contributed by atoms with E-state index >= 15 is 0 Å². The molecule has 134 valence electrons. The van der Waals surface area contributed by atoms with Crippen molar-refractivity contribution in [2.45, 2.75) is 26.4 Å². The van der Waals surface area contributed by atoms with Crippen molar-refractivity contribution in [3.05, 3.63) is 48.3 Å². The van der Waals surface area contributed by atoms with Crippen LogP contribution in [0.2, 0.25) is 0 Å². The van der Waals surface area contributed by atoms with E-state index in [1.165, 1.54) is 5.56 Å². The number of hydrogen-bond acceptors (Lipinski definition) is 3. The van der Waals surface area contributed by atoms with Crippen LogP contribution < -0.4 is 5.32 Å². The lowest BCUT2D eigenvalue weighted by Gasteiger charge is -2.22. The largest absolute Gasteiger partial charge is 0.327 e. The molecule has 1 aromatic heterocycles. The number of urea groups is 1. The van der Waals surface area contributed by atoms with Gasteiger partial charge in [0.05, 0.1) is 11.9 Å². The van der Waals surface area contributed by atoms with E-state index in [4.69, 9.17) is 0 Å². The highest BCUT2D eigenvalue weighted by molar-refractivity contribution is 5.88. The molecule has 1 fully saturated rings. The Kier molecular flexibility index (Phi) is 5.71. The van der Waals surface area contributed by atoms with Crippen molar-refractivity contribution in [1.82, 2.24) is 19.6 Å². The summed E-state index contributed by atoms with van der Waals surface area (Å²) in [5.74, 6) is 0.526. The fraction of sp³-hybridized carbons (Fsp3) is 0.474. The Bertz CT molecular complexity index is 684. The maximum atomic E-state index is 12.3. The maximum absolute atomic E-state index is 12.3. The summed E-state index contributed by atoms with van der Waals surface area (Å²) in [5, 5.41) is 7.09. The number of anilines is 1. The summed E-state index contributed by atoms with van der Waals surface area (Å²) in [4.78, 5) is 16.6. The molecule has 1 saturated heterocycles. The van der Waals surface area contributed by atoms with Gasteiger partial charge in [-0.05, 0) is 31.4 Å². The Hall–Kier alpha value is -2.34. The van der Waals surface area contributed by atoms with Crippen LogP contribution in [0.3, 0.4) is 0 Å². The minimum absolute atomic E-state index is 0.0721. The molecule has 0 saturated carbocycles. The van der Waals surface area contributed by atoms with Crippen molar-refractivity contribution in [1.29, 1.82) is 0 Å². The highest BCUT2D eigenvalue weighted by atomic mass is 16.2. The molecule has 2 aromatic rings.